The number of likely N-dealkylation sites (tertiary alicyclic amines) is 2. The molecule has 5 nitrogen and oxygen atoms in total. The van der Waals surface area contributed by atoms with Crippen LogP contribution in [-0.4, -0.2) is 61.1 Å². The number of nitrogens with one attached hydrogen (secondary N) is 1. The number of rotatable bonds is 9. The van der Waals surface area contributed by atoms with Crippen molar-refractivity contribution in [3.8, 4) is 16.9 Å². The van der Waals surface area contributed by atoms with E-state index in [-0.39, 0.29) is 12.0 Å². The molecule has 0 radical (unpaired) electrons. The van der Waals surface area contributed by atoms with E-state index < -0.39 is 11.7 Å². The second-order valence-corrected chi connectivity index (χ2v) is 10.7. The largest absolute Gasteiger partial charge is 0.490 e. The molecule has 2 fully saturated rings. The number of hydrogen-bond donors (Lipinski definition) is 1. The van der Waals surface area contributed by atoms with Gasteiger partial charge in [-0.25, -0.2) is 0 Å². The fraction of sp³-hybridized carbons (Fsp3) is 0.406. The molecule has 0 atom stereocenters. The molecule has 0 unspecified atom stereocenters. The van der Waals surface area contributed by atoms with E-state index in [9.17, 15) is 18.0 Å². The highest BCUT2D eigenvalue weighted by Crippen LogP contribution is 2.31. The summed E-state index contributed by atoms with van der Waals surface area (Å²) < 4.78 is 44.9. The number of ether oxygens (including phenoxy) is 1. The van der Waals surface area contributed by atoms with Gasteiger partial charge in [-0.15, -0.1) is 0 Å². The van der Waals surface area contributed by atoms with E-state index in [4.69, 9.17) is 4.74 Å². The fourth-order valence-corrected chi connectivity index (χ4v) is 5.48. The number of nitrogens with zero attached hydrogens (tertiary/aromatic N) is 2. The van der Waals surface area contributed by atoms with Crippen molar-refractivity contribution in [2.45, 2.75) is 44.5 Å². The van der Waals surface area contributed by atoms with Crippen LogP contribution in [0.1, 0.15) is 47.2 Å². The van der Waals surface area contributed by atoms with E-state index in [1.54, 1.807) is 0 Å². The van der Waals surface area contributed by atoms with E-state index >= 15 is 0 Å². The quantitative estimate of drug-likeness (QED) is 0.342. The van der Waals surface area contributed by atoms with Crippen LogP contribution >= 0.6 is 0 Å². The van der Waals surface area contributed by atoms with E-state index in [0.717, 1.165) is 86.7 Å². The lowest BCUT2D eigenvalue weighted by Gasteiger charge is -2.32. The average Bonchev–Trinajstić information content (AvgIpc) is 3.48. The molecule has 2 saturated heterocycles. The van der Waals surface area contributed by atoms with Crippen LogP contribution < -0.4 is 10.1 Å². The maximum absolute atomic E-state index is 12.9. The minimum atomic E-state index is -4.33. The Morgan fingerprint density at radius 3 is 2.30 bits per heavy atom. The lowest BCUT2D eigenvalue weighted by atomic mass is 10.0. The van der Waals surface area contributed by atoms with Crippen LogP contribution in [0.4, 0.5) is 13.2 Å². The highest BCUT2D eigenvalue weighted by Gasteiger charge is 2.30. The van der Waals surface area contributed by atoms with Gasteiger partial charge in [0.1, 0.15) is 11.9 Å². The first-order valence-corrected chi connectivity index (χ1v) is 14.1. The van der Waals surface area contributed by atoms with Gasteiger partial charge in [0.05, 0.1) is 5.56 Å². The van der Waals surface area contributed by atoms with Crippen molar-refractivity contribution >= 4 is 5.91 Å². The second kappa shape index (κ2) is 12.9. The summed E-state index contributed by atoms with van der Waals surface area (Å²) in [5.74, 6) is 0.646. The van der Waals surface area contributed by atoms with E-state index in [2.05, 4.69) is 21.2 Å². The Balaban J connectivity index is 1.09. The van der Waals surface area contributed by atoms with Crippen LogP contribution in [-0.2, 0) is 12.7 Å². The first-order chi connectivity index (χ1) is 19.3. The first-order valence-electron chi connectivity index (χ1n) is 14.1. The minimum absolute atomic E-state index is 0.0713. The molecule has 0 saturated carbocycles. The molecule has 5 rings (SSSR count). The molecule has 2 aliphatic heterocycles. The van der Waals surface area contributed by atoms with Crippen molar-refractivity contribution in [1.82, 2.24) is 15.1 Å². The molecule has 2 aliphatic rings. The minimum Gasteiger partial charge on any atom is -0.490 e. The van der Waals surface area contributed by atoms with Gasteiger partial charge in [-0.05, 0) is 91.9 Å². The Morgan fingerprint density at radius 2 is 1.57 bits per heavy atom. The average molecular weight is 552 g/mol. The number of carbonyl (C=O) groups is 1. The number of amides is 1. The highest BCUT2D eigenvalue weighted by molar-refractivity contribution is 5.94. The number of hydrogen-bond acceptors (Lipinski definition) is 4. The van der Waals surface area contributed by atoms with Gasteiger partial charge in [0.2, 0.25) is 0 Å². The monoisotopic (exact) mass is 551 g/mol. The van der Waals surface area contributed by atoms with Crippen molar-refractivity contribution in [2.24, 2.45) is 0 Å². The molecular weight excluding hydrogens is 515 g/mol. The summed E-state index contributed by atoms with van der Waals surface area (Å²) in [6.45, 7) is 6.31. The number of carbonyl (C=O) groups excluding carboxylic acids is 1. The predicted molar refractivity (Wildman–Crippen MR) is 150 cm³/mol. The summed E-state index contributed by atoms with van der Waals surface area (Å²) in [5, 5.41) is 3.02. The molecule has 40 heavy (non-hydrogen) atoms. The van der Waals surface area contributed by atoms with Crippen LogP contribution in [0.25, 0.3) is 11.1 Å². The van der Waals surface area contributed by atoms with Crippen molar-refractivity contribution in [3.05, 3.63) is 89.5 Å². The van der Waals surface area contributed by atoms with Gasteiger partial charge in [0.15, 0.2) is 0 Å². The zero-order chi connectivity index (χ0) is 28.0. The first kappa shape index (κ1) is 28.2. The van der Waals surface area contributed by atoms with Gasteiger partial charge < -0.3 is 15.0 Å². The third kappa shape index (κ3) is 7.64. The van der Waals surface area contributed by atoms with Gasteiger partial charge >= 0.3 is 6.18 Å². The fourth-order valence-electron chi connectivity index (χ4n) is 5.48. The van der Waals surface area contributed by atoms with Crippen molar-refractivity contribution < 1.29 is 22.7 Å². The Bertz CT molecular complexity index is 1260. The van der Waals surface area contributed by atoms with Crippen LogP contribution in [0.5, 0.6) is 5.75 Å². The SMILES string of the molecule is O=C(NCCN1CCCC1)c1cccc(OC2CCN(Cc3cccc(-c4ccc(C(F)(F)F)cc4)c3)CC2)c1. The highest BCUT2D eigenvalue weighted by atomic mass is 19.4. The third-order valence-corrected chi connectivity index (χ3v) is 7.72. The summed E-state index contributed by atoms with van der Waals surface area (Å²) in [5.41, 5.74) is 2.78. The van der Waals surface area contributed by atoms with Crippen LogP contribution in [0.15, 0.2) is 72.8 Å². The summed E-state index contributed by atoms with van der Waals surface area (Å²) in [4.78, 5) is 17.4. The molecule has 1 amide bonds. The molecule has 2 heterocycles. The Hall–Kier alpha value is -3.36. The number of halogens is 3. The molecule has 8 heteroatoms. The van der Waals surface area contributed by atoms with Crippen molar-refractivity contribution in [3.63, 3.8) is 0 Å². The molecular formula is C32H36F3N3O2. The lowest BCUT2D eigenvalue weighted by molar-refractivity contribution is -0.137. The van der Waals surface area contributed by atoms with Gasteiger partial charge in [-0.2, -0.15) is 13.2 Å². The molecule has 3 aromatic carbocycles. The van der Waals surface area contributed by atoms with Crippen molar-refractivity contribution in [1.29, 1.82) is 0 Å². The lowest BCUT2D eigenvalue weighted by Crippen LogP contribution is -2.37. The second-order valence-electron chi connectivity index (χ2n) is 10.7. The normalized spacial score (nSPS) is 17.2. The molecule has 212 valence electrons. The maximum Gasteiger partial charge on any atom is 0.416 e. The summed E-state index contributed by atoms with van der Waals surface area (Å²) >= 11 is 0. The molecule has 0 bridgehead atoms. The van der Waals surface area contributed by atoms with E-state index in [0.29, 0.717) is 12.1 Å². The Labute approximate surface area is 233 Å². The van der Waals surface area contributed by atoms with Crippen LogP contribution in [0.3, 0.4) is 0 Å². The van der Waals surface area contributed by atoms with E-state index in [1.807, 2.05) is 42.5 Å². The Kier molecular flexibility index (Phi) is 9.07. The summed E-state index contributed by atoms with van der Waals surface area (Å²) in [7, 11) is 0. The number of piperidine rings is 1. The topological polar surface area (TPSA) is 44.8 Å². The standard InChI is InChI=1S/C32H36F3N3O2/c33-32(34,35)28-11-9-25(10-12-28)26-6-3-5-24(21-26)23-38-18-13-29(14-19-38)40-30-8-4-7-27(22-30)31(39)36-15-20-37-16-1-2-17-37/h3-12,21-22,29H,1-2,13-20,23H2,(H,36,39). The molecule has 0 spiro atoms. The zero-order valence-corrected chi connectivity index (χ0v) is 22.6. The van der Waals surface area contributed by atoms with Crippen LogP contribution in [0, 0.1) is 0 Å². The maximum atomic E-state index is 12.9. The zero-order valence-electron chi connectivity index (χ0n) is 22.6. The van der Waals surface area contributed by atoms with Crippen molar-refractivity contribution in [2.75, 3.05) is 39.3 Å². The predicted octanol–water partition coefficient (Wildman–Crippen LogP) is 6.24. The molecule has 0 aromatic heterocycles. The summed E-state index contributed by atoms with van der Waals surface area (Å²) in [6.07, 6.45) is -0.00416. The smallest absolute Gasteiger partial charge is 0.416 e. The van der Waals surface area contributed by atoms with Gasteiger partial charge in [-0.1, -0.05) is 36.4 Å². The number of alkyl halides is 3. The Morgan fingerprint density at radius 1 is 0.850 bits per heavy atom. The number of benzene rings is 3. The van der Waals surface area contributed by atoms with Crippen LogP contribution in [0.2, 0.25) is 0 Å². The van der Waals surface area contributed by atoms with E-state index in [1.165, 1.54) is 25.0 Å². The summed E-state index contributed by atoms with van der Waals surface area (Å²) in [6, 6.07) is 20.7. The van der Waals surface area contributed by atoms with Gasteiger partial charge in [0, 0.05) is 38.3 Å². The molecule has 0 aliphatic carbocycles. The van der Waals surface area contributed by atoms with Gasteiger partial charge in [-0.3, -0.25) is 9.69 Å². The molecule has 1 N–H and O–H groups in total. The van der Waals surface area contributed by atoms with Gasteiger partial charge in [0.25, 0.3) is 5.91 Å². The third-order valence-electron chi connectivity index (χ3n) is 7.72. The molecule has 3 aromatic rings.